The Bertz CT molecular complexity index is 1640. The molecular weight excluding hydrogens is 1340 g/mol. The summed E-state index contributed by atoms with van der Waals surface area (Å²) < 4.78 is 0. The minimum absolute atomic E-state index is 0.332. The molecule has 0 amide bonds. The Kier molecular flexibility index (Phi) is 110. The monoisotopic (exact) mass is 1510 g/mol. The van der Waals surface area contributed by atoms with Crippen LogP contribution in [0.5, 0.6) is 0 Å². The van der Waals surface area contributed by atoms with Crippen LogP contribution in [0.1, 0.15) is 458 Å². The van der Waals surface area contributed by atoms with E-state index in [1.165, 1.54) is 327 Å². The zero-order valence-electron chi connectivity index (χ0n) is 69.5. The SMILES string of the molecule is CCCCCCCC/C=C\CCCCCCCC(=O)O.CCCCCCCC/C=C\CCCCCCCC(=O)O.CCCCCCCC/C=C\CCCCCCCC(=O)O.CCCCCCCC/C=C\CCCCCCCC(=O)O.CCCCCCCCCCCC(=O)O.OC[C@@H](O)[C@@H](O)[C@H](O)[C@@H](O)CO. The van der Waals surface area contributed by atoms with Gasteiger partial charge in [-0.1, -0.05) is 340 Å². The van der Waals surface area contributed by atoms with E-state index in [2.05, 4.69) is 83.2 Å². The van der Waals surface area contributed by atoms with Gasteiger partial charge in [-0.25, -0.2) is 0 Å². The lowest BCUT2D eigenvalue weighted by Crippen LogP contribution is -2.46. The van der Waals surface area contributed by atoms with Crippen LogP contribution in [0, 0.1) is 0 Å². The fourth-order valence-corrected chi connectivity index (χ4v) is 11.6. The van der Waals surface area contributed by atoms with Gasteiger partial charge in [-0.2, -0.15) is 0 Å². The largest absolute Gasteiger partial charge is 0.481 e. The molecule has 630 valence electrons. The molecule has 11 N–H and O–H groups in total. The molecule has 0 bridgehead atoms. The van der Waals surface area contributed by atoms with Crippen LogP contribution in [0.15, 0.2) is 48.6 Å². The number of carboxylic acid groups (broad SMARTS) is 5. The fourth-order valence-electron chi connectivity index (χ4n) is 11.6. The first-order chi connectivity index (χ1) is 51.4. The van der Waals surface area contributed by atoms with Crippen molar-refractivity contribution in [2.45, 2.75) is 483 Å². The lowest BCUT2D eigenvalue weighted by atomic mass is 10.0. The zero-order valence-corrected chi connectivity index (χ0v) is 69.5. The van der Waals surface area contributed by atoms with E-state index in [0.717, 1.165) is 64.2 Å². The molecule has 106 heavy (non-hydrogen) atoms. The average molecular weight is 1510 g/mol. The van der Waals surface area contributed by atoms with Crippen LogP contribution in [0.2, 0.25) is 0 Å². The lowest BCUT2D eigenvalue weighted by molar-refractivity contribution is -0.138. The van der Waals surface area contributed by atoms with Gasteiger partial charge in [0.2, 0.25) is 0 Å². The Morgan fingerprint density at radius 3 is 0.425 bits per heavy atom. The number of hydrogen-bond acceptors (Lipinski definition) is 11. The van der Waals surface area contributed by atoms with Crippen molar-refractivity contribution in [3.63, 3.8) is 0 Å². The first kappa shape index (κ1) is 113. The molecule has 16 heteroatoms. The van der Waals surface area contributed by atoms with E-state index in [9.17, 15) is 24.0 Å². The number of aliphatic hydroxyl groups excluding tert-OH is 6. The first-order valence-corrected chi connectivity index (χ1v) is 44.0. The van der Waals surface area contributed by atoms with Crippen LogP contribution in [-0.2, 0) is 24.0 Å². The first-order valence-electron chi connectivity index (χ1n) is 44.0. The summed E-state index contributed by atoms with van der Waals surface area (Å²) in [7, 11) is 0. The molecule has 0 unspecified atom stereocenters. The predicted octanol–water partition coefficient (Wildman–Crippen LogP) is 24.8. The summed E-state index contributed by atoms with van der Waals surface area (Å²) in [5.74, 6) is -3.32. The second kappa shape index (κ2) is 103. The molecule has 0 aromatic carbocycles. The third-order valence-corrected chi connectivity index (χ3v) is 18.6. The third kappa shape index (κ3) is 118. The van der Waals surface area contributed by atoms with Crippen molar-refractivity contribution in [2.24, 2.45) is 0 Å². The number of hydrogen-bond donors (Lipinski definition) is 11. The topological polar surface area (TPSA) is 308 Å². The van der Waals surface area contributed by atoms with Gasteiger partial charge in [0.1, 0.15) is 24.4 Å². The molecule has 0 aliphatic heterocycles. The van der Waals surface area contributed by atoms with E-state index in [-0.39, 0.29) is 0 Å². The van der Waals surface area contributed by atoms with Crippen molar-refractivity contribution in [3.05, 3.63) is 48.6 Å². The van der Waals surface area contributed by atoms with Gasteiger partial charge in [-0.05, 0) is 135 Å². The summed E-state index contributed by atoms with van der Waals surface area (Å²) in [6, 6.07) is 0. The quantitative estimate of drug-likeness (QED) is 0.0199. The van der Waals surface area contributed by atoms with E-state index in [1.54, 1.807) is 0 Å². The number of rotatable bonds is 75. The number of carbonyl (C=O) groups is 5. The van der Waals surface area contributed by atoms with E-state index < -0.39 is 67.5 Å². The summed E-state index contributed by atoms with van der Waals surface area (Å²) in [6.07, 6.45) is 90.0. The summed E-state index contributed by atoms with van der Waals surface area (Å²) in [5.41, 5.74) is 0. The molecule has 0 spiro atoms. The highest BCUT2D eigenvalue weighted by Gasteiger charge is 2.29. The summed E-state index contributed by atoms with van der Waals surface area (Å²) in [4.78, 5) is 51.5. The summed E-state index contributed by atoms with van der Waals surface area (Å²) in [6.45, 7) is 9.81. The highest BCUT2D eigenvalue weighted by molar-refractivity contribution is 5.67. The highest BCUT2D eigenvalue weighted by Crippen LogP contribution is 2.16. The molecule has 0 saturated carbocycles. The second-order valence-corrected chi connectivity index (χ2v) is 29.4. The van der Waals surface area contributed by atoms with Crippen LogP contribution in [0.3, 0.4) is 0 Å². The average Bonchev–Trinajstić information content (AvgIpc) is 0.916. The molecule has 0 fully saturated rings. The highest BCUT2D eigenvalue weighted by atomic mass is 16.4. The Hall–Kier alpha value is -3.93. The van der Waals surface area contributed by atoms with E-state index >= 15 is 0 Å². The second-order valence-electron chi connectivity index (χ2n) is 29.4. The van der Waals surface area contributed by atoms with Crippen molar-refractivity contribution in [1.29, 1.82) is 0 Å². The molecule has 0 aliphatic carbocycles. The van der Waals surface area contributed by atoms with Crippen LogP contribution in [0.25, 0.3) is 0 Å². The number of allylic oxidation sites excluding steroid dienone is 8. The Balaban J connectivity index is -0.000000286. The maximum absolute atomic E-state index is 10.3. The van der Waals surface area contributed by atoms with E-state index in [1.807, 2.05) is 0 Å². The van der Waals surface area contributed by atoms with Gasteiger partial charge in [0.25, 0.3) is 0 Å². The standard InChI is InChI=1S/4C18H34O2.C12H24O2.C6H14O6/c4*1-2-3-4-5-6-7-8-9-10-11-12-13-14-15-16-17-18(19)20;1-2-3-4-5-6-7-8-9-10-11-12(13)14;7-1-3(9)5(11)6(12)4(10)2-8/h4*9-10H,2-8,11-17H2,1H3,(H,19,20);2-11H2,1H3,(H,13,14);3-12H,1-2H2/b4*10-9-;;/t;;;;;3-,4+,5-,6-/m.....1/s1. The van der Waals surface area contributed by atoms with E-state index in [0.29, 0.717) is 32.1 Å². The zero-order chi connectivity index (χ0) is 79.9. The van der Waals surface area contributed by atoms with Crippen LogP contribution >= 0.6 is 0 Å². The number of aliphatic hydroxyl groups is 6. The number of aliphatic carboxylic acids is 5. The molecule has 0 aromatic heterocycles. The number of unbranched alkanes of at least 4 members (excludes halogenated alkanes) is 52. The Morgan fingerprint density at radius 1 is 0.198 bits per heavy atom. The Labute approximate surface area is 651 Å². The molecule has 0 rings (SSSR count). The molecule has 4 atom stereocenters. The molecule has 0 radical (unpaired) electrons. The molecular formula is C90H174O16. The summed E-state index contributed by atoms with van der Waals surface area (Å²) in [5, 5.41) is 94.6. The van der Waals surface area contributed by atoms with Gasteiger partial charge in [0, 0.05) is 32.1 Å². The minimum atomic E-state index is -1.67. The molecule has 0 saturated heterocycles. The minimum Gasteiger partial charge on any atom is -0.481 e. The molecule has 0 heterocycles. The molecule has 0 aromatic rings. The normalized spacial score (nSPS) is 12.3. The summed E-state index contributed by atoms with van der Waals surface area (Å²) >= 11 is 0. The van der Waals surface area contributed by atoms with Crippen molar-refractivity contribution in [1.82, 2.24) is 0 Å². The van der Waals surface area contributed by atoms with Crippen molar-refractivity contribution < 1.29 is 80.1 Å². The van der Waals surface area contributed by atoms with Gasteiger partial charge < -0.3 is 56.2 Å². The van der Waals surface area contributed by atoms with Crippen molar-refractivity contribution in [2.75, 3.05) is 13.2 Å². The van der Waals surface area contributed by atoms with Gasteiger partial charge in [0.15, 0.2) is 0 Å². The van der Waals surface area contributed by atoms with Gasteiger partial charge in [-0.15, -0.1) is 0 Å². The van der Waals surface area contributed by atoms with Crippen LogP contribution in [-0.4, -0.2) is 124 Å². The van der Waals surface area contributed by atoms with Crippen LogP contribution in [0.4, 0.5) is 0 Å². The van der Waals surface area contributed by atoms with Crippen molar-refractivity contribution in [3.8, 4) is 0 Å². The van der Waals surface area contributed by atoms with Gasteiger partial charge in [-0.3, -0.25) is 24.0 Å². The maximum Gasteiger partial charge on any atom is 0.303 e. The third-order valence-electron chi connectivity index (χ3n) is 18.6. The number of carboxylic acids is 5. The van der Waals surface area contributed by atoms with Gasteiger partial charge >= 0.3 is 29.8 Å². The lowest BCUT2D eigenvalue weighted by Gasteiger charge is -2.24. The maximum atomic E-state index is 10.3. The van der Waals surface area contributed by atoms with E-state index in [4.69, 9.17) is 56.2 Å². The molecule has 0 aliphatic rings. The Morgan fingerprint density at radius 2 is 0.311 bits per heavy atom. The predicted molar refractivity (Wildman–Crippen MR) is 446 cm³/mol. The van der Waals surface area contributed by atoms with Crippen molar-refractivity contribution >= 4 is 29.8 Å². The van der Waals surface area contributed by atoms with Gasteiger partial charge in [0.05, 0.1) is 13.2 Å². The molecule has 16 nitrogen and oxygen atoms in total. The fraction of sp³-hybridized carbons (Fsp3) is 0.856. The van der Waals surface area contributed by atoms with Crippen LogP contribution < -0.4 is 0 Å². The smallest absolute Gasteiger partial charge is 0.303 e.